The predicted molar refractivity (Wildman–Crippen MR) is 74.4 cm³/mol. The van der Waals surface area contributed by atoms with Gasteiger partial charge in [0.15, 0.2) is 0 Å². The summed E-state index contributed by atoms with van der Waals surface area (Å²) in [5, 5.41) is 4.86. The first-order chi connectivity index (χ1) is 9.52. The Morgan fingerprint density at radius 1 is 1.30 bits per heavy atom. The van der Waals surface area contributed by atoms with E-state index in [1.54, 1.807) is 6.29 Å². The molecule has 0 heterocycles. The molecule has 0 aliphatic rings. The van der Waals surface area contributed by atoms with Crippen LogP contribution in [0.25, 0.3) is 0 Å². The maximum atomic E-state index is 11.6. The second kappa shape index (κ2) is 8.06. The Hall–Kier alpha value is -2.21. The normalized spacial score (nSPS) is 13.1. The topological polar surface area (TPSA) is 101 Å². The molecule has 0 aliphatic heterocycles. The zero-order chi connectivity index (χ0) is 15.0. The van der Waals surface area contributed by atoms with Crippen molar-refractivity contribution in [1.82, 2.24) is 10.6 Å². The van der Waals surface area contributed by atoms with Crippen LogP contribution in [0.2, 0.25) is 0 Å². The molecule has 1 aromatic rings. The van der Waals surface area contributed by atoms with Gasteiger partial charge in [-0.15, -0.1) is 0 Å². The molecule has 0 bridgehead atoms. The second-order valence-corrected chi connectivity index (χ2v) is 4.43. The van der Waals surface area contributed by atoms with Gasteiger partial charge < -0.3 is 16.4 Å². The Labute approximate surface area is 117 Å². The van der Waals surface area contributed by atoms with Crippen molar-refractivity contribution in [2.24, 2.45) is 5.73 Å². The lowest BCUT2D eigenvalue weighted by Crippen LogP contribution is -2.46. The van der Waals surface area contributed by atoms with Crippen LogP contribution in [-0.2, 0) is 20.8 Å². The van der Waals surface area contributed by atoms with Crippen molar-refractivity contribution >= 4 is 18.1 Å². The van der Waals surface area contributed by atoms with Gasteiger partial charge in [0, 0.05) is 6.42 Å². The Morgan fingerprint density at radius 3 is 2.50 bits per heavy atom. The quantitative estimate of drug-likeness (QED) is 0.612. The molecule has 0 spiro atoms. The third-order valence-corrected chi connectivity index (χ3v) is 2.60. The van der Waals surface area contributed by atoms with Gasteiger partial charge in [0.2, 0.25) is 18.1 Å². The molecular formula is C14H18N3O3. The number of nitrogens with one attached hydrogen (secondary N) is 2. The summed E-state index contributed by atoms with van der Waals surface area (Å²) in [5.41, 5.74) is 6.26. The molecule has 1 aromatic carbocycles. The first-order valence-electron chi connectivity index (χ1n) is 6.27. The van der Waals surface area contributed by atoms with Crippen LogP contribution in [0.5, 0.6) is 0 Å². The molecule has 107 valence electrons. The third-order valence-electron chi connectivity index (χ3n) is 2.60. The van der Waals surface area contributed by atoms with E-state index in [0.29, 0.717) is 6.42 Å². The molecule has 6 heteroatoms. The van der Waals surface area contributed by atoms with E-state index in [0.717, 1.165) is 5.56 Å². The lowest BCUT2D eigenvalue weighted by Gasteiger charge is -2.13. The summed E-state index contributed by atoms with van der Waals surface area (Å²) in [4.78, 5) is 33.6. The number of carbonyl (C=O) groups is 2. The highest BCUT2D eigenvalue weighted by atomic mass is 16.2. The van der Waals surface area contributed by atoms with Gasteiger partial charge >= 0.3 is 0 Å². The second-order valence-electron chi connectivity index (χ2n) is 4.43. The molecule has 4 N–H and O–H groups in total. The first kappa shape index (κ1) is 15.8. The Bertz CT molecular complexity index is 460. The van der Waals surface area contributed by atoms with Gasteiger partial charge in [-0.25, -0.2) is 0 Å². The van der Waals surface area contributed by atoms with Crippen molar-refractivity contribution < 1.29 is 14.4 Å². The van der Waals surface area contributed by atoms with Crippen molar-refractivity contribution in [2.75, 3.05) is 6.54 Å². The van der Waals surface area contributed by atoms with Gasteiger partial charge in [-0.2, -0.15) is 0 Å². The average molecular weight is 276 g/mol. The maximum absolute atomic E-state index is 11.6. The van der Waals surface area contributed by atoms with Gasteiger partial charge in [0.25, 0.3) is 0 Å². The summed E-state index contributed by atoms with van der Waals surface area (Å²) in [6.07, 6.45) is 2.13. The Morgan fingerprint density at radius 2 is 1.95 bits per heavy atom. The molecule has 1 rings (SSSR count). The first-order valence-corrected chi connectivity index (χ1v) is 6.27. The molecule has 6 nitrogen and oxygen atoms in total. The van der Waals surface area contributed by atoms with Gasteiger partial charge in [0.05, 0.1) is 18.6 Å². The number of amides is 2. The maximum Gasteiger partial charge on any atom is 0.240 e. The van der Waals surface area contributed by atoms with E-state index in [9.17, 15) is 14.4 Å². The van der Waals surface area contributed by atoms with Crippen LogP contribution in [0.3, 0.4) is 0 Å². The van der Waals surface area contributed by atoms with Crippen molar-refractivity contribution in [3.63, 3.8) is 0 Å². The van der Waals surface area contributed by atoms with Crippen molar-refractivity contribution in [2.45, 2.75) is 25.4 Å². The van der Waals surface area contributed by atoms with Crippen LogP contribution in [-0.4, -0.2) is 36.7 Å². The van der Waals surface area contributed by atoms with E-state index < -0.39 is 23.9 Å². The van der Waals surface area contributed by atoms with E-state index in [4.69, 9.17) is 5.73 Å². The number of carbonyl (C=O) groups excluding carboxylic acids is 3. The number of nitrogens with two attached hydrogens (primary N) is 1. The molecule has 2 atom stereocenters. The molecule has 0 saturated heterocycles. The van der Waals surface area contributed by atoms with E-state index >= 15 is 0 Å². The van der Waals surface area contributed by atoms with Crippen LogP contribution in [0.1, 0.15) is 12.5 Å². The summed E-state index contributed by atoms with van der Waals surface area (Å²) >= 11 is 0. The molecule has 0 aromatic heterocycles. The van der Waals surface area contributed by atoms with Crippen molar-refractivity contribution in [3.8, 4) is 0 Å². The summed E-state index contributed by atoms with van der Waals surface area (Å²) in [6.45, 7) is 1.30. The van der Waals surface area contributed by atoms with Crippen LogP contribution >= 0.6 is 0 Å². The largest absolute Gasteiger partial charge is 0.346 e. The number of hydrogen-bond acceptors (Lipinski definition) is 4. The van der Waals surface area contributed by atoms with E-state index in [1.165, 1.54) is 6.92 Å². The molecule has 20 heavy (non-hydrogen) atoms. The molecule has 2 amide bonds. The number of benzene rings is 1. The minimum absolute atomic E-state index is 0.215. The summed E-state index contributed by atoms with van der Waals surface area (Å²) in [6, 6.07) is 7.86. The molecular weight excluding hydrogens is 258 g/mol. The van der Waals surface area contributed by atoms with E-state index in [1.807, 2.05) is 30.3 Å². The Balaban J connectivity index is 2.42. The number of hydrogen-bond donors (Lipinski definition) is 3. The summed E-state index contributed by atoms with van der Waals surface area (Å²) < 4.78 is 0. The minimum Gasteiger partial charge on any atom is -0.346 e. The van der Waals surface area contributed by atoms with Gasteiger partial charge in [-0.1, -0.05) is 30.3 Å². The molecule has 1 radical (unpaired) electrons. The number of rotatable bonds is 7. The minimum atomic E-state index is -0.739. The van der Waals surface area contributed by atoms with Gasteiger partial charge in [-0.05, 0) is 12.5 Å². The SMILES string of the molecule is C[C@H](N)C(=O)NCC(=O)N[C@H]([C]=O)Cc1ccccc1. The van der Waals surface area contributed by atoms with Crippen LogP contribution in [0.15, 0.2) is 30.3 Å². The van der Waals surface area contributed by atoms with Gasteiger partial charge in [0.1, 0.15) is 0 Å². The Kier molecular flexibility index (Phi) is 6.39. The van der Waals surface area contributed by atoms with Crippen molar-refractivity contribution in [1.29, 1.82) is 0 Å². The fourth-order valence-corrected chi connectivity index (χ4v) is 1.55. The zero-order valence-corrected chi connectivity index (χ0v) is 11.3. The molecule has 0 fully saturated rings. The summed E-state index contributed by atoms with van der Waals surface area (Å²) in [7, 11) is 0. The molecule has 0 saturated carbocycles. The van der Waals surface area contributed by atoms with E-state index in [-0.39, 0.29) is 6.54 Å². The fourth-order valence-electron chi connectivity index (χ4n) is 1.55. The highest BCUT2D eigenvalue weighted by molar-refractivity contribution is 5.88. The zero-order valence-electron chi connectivity index (χ0n) is 11.3. The highest BCUT2D eigenvalue weighted by Gasteiger charge is 2.14. The van der Waals surface area contributed by atoms with Crippen LogP contribution in [0, 0.1) is 0 Å². The fraction of sp³-hybridized carbons (Fsp3) is 0.357. The van der Waals surface area contributed by atoms with Crippen molar-refractivity contribution in [3.05, 3.63) is 35.9 Å². The third kappa shape index (κ3) is 5.62. The van der Waals surface area contributed by atoms with Crippen LogP contribution in [0.4, 0.5) is 0 Å². The lowest BCUT2D eigenvalue weighted by molar-refractivity contribution is -0.126. The highest BCUT2D eigenvalue weighted by Crippen LogP contribution is 2.01. The summed E-state index contributed by atoms with van der Waals surface area (Å²) in [5.74, 6) is -0.877. The average Bonchev–Trinajstić information content (AvgIpc) is 2.44. The standard InChI is InChI=1S/C14H18N3O3/c1-10(15)14(20)16-8-13(19)17-12(9-18)7-11-5-3-2-4-6-11/h2-6,10,12H,7-8,15H2,1H3,(H,16,20)(H,17,19)/t10-,12-/m0/s1. The smallest absolute Gasteiger partial charge is 0.240 e. The lowest BCUT2D eigenvalue weighted by atomic mass is 10.1. The molecule has 0 unspecified atom stereocenters. The van der Waals surface area contributed by atoms with E-state index in [2.05, 4.69) is 10.6 Å². The monoisotopic (exact) mass is 276 g/mol. The van der Waals surface area contributed by atoms with Crippen LogP contribution < -0.4 is 16.4 Å². The predicted octanol–water partition coefficient (Wildman–Crippen LogP) is -0.713. The molecule has 0 aliphatic carbocycles. The van der Waals surface area contributed by atoms with Gasteiger partial charge in [-0.3, -0.25) is 14.4 Å².